The summed E-state index contributed by atoms with van der Waals surface area (Å²) in [5.41, 5.74) is 5.04. The molecule has 0 saturated heterocycles. The summed E-state index contributed by atoms with van der Waals surface area (Å²) < 4.78 is 1.85. The summed E-state index contributed by atoms with van der Waals surface area (Å²) in [7, 11) is 0. The predicted octanol–water partition coefficient (Wildman–Crippen LogP) is 5.00. The summed E-state index contributed by atoms with van der Waals surface area (Å²) in [6.07, 6.45) is 7.09. The summed E-state index contributed by atoms with van der Waals surface area (Å²) in [6.45, 7) is 0.466. The van der Waals surface area contributed by atoms with E-state index in [9.17, 15) is 10.1 Å². The number of para-hydroxylation sites is 1. The number of benzene rings is 2. The summed E-state index contributed by atoms with van der Waals surface area (Å²) in [5, 5.41) is 20.1. The van der Waals surface area contributed by atoms with Crippen LogP contribution in [0.5, 0.6) is 0 Å². The van der Waals surface area contributed by atoms with Crippen LogP contribution in [-0.2, 0) is 6.54 Å². The molecule has 5 aromatic rings. The van der Waals surface area contributed by atoms with Crippen LogP contribution >= 0.6 is 0 Å². The number of anilines is 1. The molecule has 1 N–H and O–H groups in total. The Labute approximate surface area is 183 Å². The minimum absolute atomic E-state index is 0.0352. The van der Waals surface area contributed by atoms with Crippen molar-refractivity contribution >= 4 is 22.3 Å². The Morgan fingerprint density at radius 1 is 0.938 bits per heavy atom. The van der Waals surface area contributed by atoms with Crippen LogP contribution in [0.3, 0.4) is 0 Å². The zero-order valence-electron chi connectivity index (χ0n) is 16.9. The quantitative estimate of drug-likeness (QED) is 0.305. The number of nitrogens with zero attached hydrogens (tertiary/aromatic N) is 5. The lowest BCUT2D eigenvalue weighted by Gasteiger charge is -2.09. The second-order valence-corrected chi connectivity index (χ2v) is 7.16. The molecular weight excluding hydrogens is 404 g/mol. The molecule has 8 nitrogen and oxygen atoms in total. The second-order valence-electron chi connectivity index (χ2n) is 7.16. The van der Waals surface area contributed by atoms with E-state index in [1.54, 1.807) is 36.8 Å². The molecule has 5 rings (SSSR count). The zero-order chi connectivity index (χ0) is 21.9. The number of nitrogens with one attached hydrogen (secondary N) is 1. The number of aromatic nitrogens is 4. The second kappa shape index (κ2) is 8.27. The topological polar surface area (TPSA) is 98.8 Å². The van der Waals surface area contributed by atoms with Crippen molar-refractivity contribution in [3.63, 3.8) is 0 Å². The molecule has 8 heteroatoms. The average molecular weight is 422 g/mol. The van der Waals surface area contributed by atoms with Gasteiger partial charge in [-0.2, -0.15) is 5.10 Å². The van der Waals surface area contributed by atoms with Gasteiger partial charge in [0.15, 0.2) is 0 Å². The monoisotopic (exact) mass is 422 g/mol. The van der Waals surface area contributed by atoms with Gasteiger partial charge in [-0.05, 0) is 42.5 Å². The largest absolute Gasteiger partial charge is 0.379 e. The van der Waals surface area contributed by atoms with Gasteiger partial charge < -0.3 is 5.32 Å². The molecule has 0 saturated carbocycles. The van der Waals surface area contributed by atoms with Crippen LogP contribution in [0.4, 0.5) is 11.4 Å². The summed E-state index contributed by atoms with van der Waals surface area (Å²) in [5.74, 6) is 0. The van der Waals surface area contributed by atoms with Gasteiger partial charge in [-0.3, -0.25) is 20.1 Å². The number of hydrogen-bond donors (Lipinski definition) is 1. The molecule has 0 unspecified atom stereocenters. The van der Waals surface area contributed by atoms with Crippen molar-refractivity contribution in [3.05, 3.63) is 107 Å². The molecule has 2 aromatic carbocycles. The highest BCUT2D eigenvalue weighted by molar-refractivity contribution is 5.96. The molecule has 0 atom stereocenters. The Bertz CT molecular complexity index is 1400. The Kier molecular flexibility index (Phi) is 5.01. The van der Waals surface area contributed by atoms with Crippen LogP contribution in [0.2, 0.25) is 0 Å². The van der Waals surface area contributed by atoms with E-state index in [1.165, 1.54) is 6.07 Å². The fourth-order valence-electron chi connectivity index (χ4n) is 3.65. The zero-order valence-corrected chi connectivity index (χ0v) is 16.9. The van der Waals surface area contributed by atoms with Crippen LogP contribution in [0.25, 0.3) is 27.8 Å². The van der Waals surface area contributed by atoms with Crippen molar-refractivity contribution in [3.8, 4) is 16.9 Å². The first-order valence-electron chi connectivity index (χ1n) is 10.0. The van der Waals surface area contributed by atoms with Crippen LogP contribution < -0.4 is 5.32 Å². The highest BCUT2D eigenvalue weighted by Gasteiger charge is 2.16. The lowest BCUT2D eigenvalue weighted by atomic mass is 10.1. The van der Waals surface area contributed by atoms with Gasteiger partial charge in [-0.15, -0.1) is 0 Å². The number of hydrogen-bond acceptors (Lipinski definition) is 6. The van der Waals surface area contributed by atoms with E-state index >= 15 is 0 Å². The van der Waals surface area contributed by atoms with E-state index in [0.29, 0.717) is 17.4 Å². The third-order valence-corrected chi connectivity index (χ3v) is 5.18. The van der Waals surface area contributed by atoms with Crippen LogP contribution in [-0.4, -0.2) is 24.7 Å². The molecule has 0 radical (unpaired) electrons. The highest BCUT2D eigenvalue weighted by Crippen LogP contribution is 2.31. The first-order chi connectivity index (χ1) is 15.7. The molecule has 0 aliphatic carbocycles. The fraction of sp³-hybridized carbons (Fsp3) is 0.0417. The van der Waals surface area contributed by atoms with Gasteiger partial charge in [0.25, 0.3) is 5.69 Å². The summed E-state index contributed by atoms with van der Waals surface area (Å²) in [4.78, 5) is 19.5. The molecule has 3 aromatic heterocycles. The highest BCUT2D eigenvalue weighted by atomic mass is 16.6. The number of nitro groups is 1. The van der Waals surface area contributed by atoms with Crippen LogP contribution in [0.15, 0.2) is 91.5 Å². The Balaban J connectivity index is 1.53. The first-order valence-corrected chi connectivity index (χ1v) is 10.0. The van der Waals surface area contributed by atoms with E-state index in [1.807, 2.05) is 53.3 Å². The number of pyridine rings is 2. The standard InChI is InChI=1S/C24H18N6O2/c31-30(32)22-9-8-21(24-20(22)7-4-12-26-24)27-15-18-16-29(19-5-2-1-3-6-19)28-23(18)17-10-13-25-14-11-17/h1-14,16,27H,15H2. The Morgan fingerprint density at radius 2 is 1.75 bits per heavy atom. The van der Waals surface area contributed by atoms with Gasteiger partial charge in [0.2, 0.25) is 0 Å². The number of rotatable bonds is 6. The molecule has 0 spiro atoms. The summed E-state index contributed by atoms with van der Waals surface area (Å²) in [6, 6.07) is 20.3. The van der Waals surface area contributed by atoms with Gasteiger partial charge in [-0.1, -0.05) is 18.2 Å². The van der Waals surface area contributed by atoms with E-state index in [2.05, 4.69) is 15.3 Å². The van der Waals surface area contributed by atoms with Gasteiger partial charge in [0, 0.05) is 48.5 Å². The van der Waals surface area contributed by atoms with Gasteiger partial charge in [0.1, 0.15) is 5.52 Å². The van der Waals surface area contributed by atoms with Gasteiger partial charge in [-0.25, -0.2) is 4.68 Å². The minimum atomic E-state index is -0.390. The number of non-ortho nitro benzene ring substituents is 1. The SMILES string of the molecule is O=[N+]([O-])c1ccc(NCc2cn(-c3ccccc3)nc2-c2ccncc2)c2ncccc12. The van der Waals surface area contributed by atoms with Crippen molar-refractivity contribution in [1.82, 2.24) is 19.7 Å². The van der Waals surface area contributed by atoms with E-state index in [0.717, 1.165) is 28.2 Å². The van der Waals surface area contributed by atoms with Gasteiger partial charge >= 0.3 is 0 Å². The number of fused-ring (bicyclic) bond motifs is 1. The van der Waals surface area contributed by atoms with Crippen molar-refractivity contribution in [2.75, 3.05) is 5.32 Å². The lowest BCUT2D eigenvalue weighted by molar-refractivity contribution is -0.383. The molecule has 0 bridgehead atoms. The van der Waals surface area contributed by atoms with E-state index < -0.39 is 0 Å². The normalized spacial score (nSPS) is 10.9. The maximum absolute atomic E-state index is 11.4. The molecule has 0 aliphatic rings. The minimum Gasteiger partial charge on any atom is -0.379 e. The molecule has 0 fully saturated rings. The van der Waals surface area contributed by atoms with Crippen molar-refractivity contribution < 1.29 is 4.92 Å². The van der Waals surface area contributed by atoms with Gasteiger partial charge in [0.05, 0.1) is 27.4 Å². The van der Waals surface area contributed by atoms with Crippen LogP contribution in [0, 0.1) is 10.1 Å². The predicted molar refractivity (Wildman–Crippen MR) is 123 cm³/mol. The molecule has 156 valence electrons. The summed E-state index contributed by atoms with van der Waals surface area (Å²) >= 11 is 0. The van der Waals surface area contributed by atoms with Crippen molar-refractivity contribution in [2.24, 2.45) is 0 Å². The third kappa shape index (κ3) is 3.65. The molecular formula is C24H18N6O2. The fourth-order valence-corrected chi connectivity index (χ4v) is 3.65. The number of nitro benzene ring substituents is 1. The van der Waals surface area contributed by atoms with E-state index in [4.69, 9.17) is 5.10 Å². The van der Waals surface area contributed by atoms with Crippen molar-refractivity contribution in [2.45, 2.75) is 6.54 Å². The first kappa shape index (κ1) is 19.4. The Morgan fingerprint density at radius 3 is 2.53 bits per heavy atom. The smallest absolute Gasteiger partial charge is 0.278 e. The van der Waals surface area contributed by atoms with E-state index in [-0.39, 0.29) is 10.6 Å². The average Bonchev–Trinajstić information content (AvgIpc) is 3.28. The lowest BCUT2D eigenvalue weighted by Crippen LogP contribution is -2.02. The third-order valence-electron chi connectivity index (χ3n) is 5.18. The maximum Gasteiger partial charge on any atom is 0.278 e. The molecule has 0 amide bonds. The maximum atomic E-state index is 11.4. The van der Waals surface area contributed by atoms with Crippen LogP contribution in [0.1, 0.15) is 5.56 Å². The Hall–Kier alpha value is -4.59. The molecule has 3 heterocycles. The van der Waals surface area contributed by atoms with Crippen molar-refractivity contribution in [1.29, 1.82) is 0 Å². The molecule has 32 heavy (non-hydrogen) atoms. The molecule has 0 aliphatic heterocycles.